The van der Waals surface area contributed by atoms with Crippen LogP contribution < -0.4 is 5.32 Å². The third-order valence-corrected chi connectivity index (χ3v) is 10.3. The number of rotatable bonds is 6. The summed E-state index contributed by atoms with van der Waals surface area (Å²) in [6, 6.07) is 8.18. The molecule has 2 aliphatic heterocycles. The number of benzene rings is 1. The third kappa shape index (κ3) is 3.73. The number of carbonyl (C=O) groups excluding carboxylic acids is 1. The number of alkyl halides is 3. The van der Waals surface area contributed by atoms with Gasteiger partial charge in [0.25, 0.3) is 5.91 Å². The molecule has 3 unspecified atom stereocenters. The molecule has 6 nitrogen and oxygen atoms in total. The normalized spacial score (nSPS) is 38.3. The maximum Gasteiger partial charge on any atom is 0.421 e. The first kappa shape index (κ1) is 27.1. The highest BCUT2D eigenvalue weighted by molar-refractivity contribution is 5.99. The monoisotopic (exact) mass is 557 g/mol. The molecule has 2 N–H and O–H groups in total. The van der Waals surface area contributed by atoms with Crippen LogP contribution in [0, 0.1) is 17.3 Å². The van der Waals surface area contributed by atoms with Crippen molar-refractivity contribution in [3.63, 3.8) is 0 Å². The number of allylic oxidation sites excluding steroid dienone is 1. The van der Waals surface area contributed by atoms with Crippen molar-refractivity contribution in [3.05, 3.63) is 77.3 Å². The van der Waals surface area contributed by atoms with Crippen LogP contribution in [0.3, 0.4) is 0 Å². The maximum atomic E-state index is 14.3. The molecule has 2 saturated carbocycles. The predicted octanol–water partition coefficient (Wildman–Crippen LogP) is 5.41. The molecule has 40 heavy (non-hydrogen) atoms. The van der Waals surface area contributed by atoms with Gasteiger partial charge in [0.1, 0.15) is 11.3 Å². The van der Waals surface area contributed by atoms with Crippen LogP contribution >= 0.6 is 0 Å². The summed E-state index contributed by atoms with van der Waals surface area (Å²) >= 11 is 0. The van der Waals surface area contributed by atoms with Crippen LogP contribution in [0.1, 0.15) is 37.7 Å². The van der Waals surface area contributed by atoms with E-state index in [-0.39, 0.29) is 35.1 Å². The van der Waals surface area contributed by atoms with Crippen molar-refractivity contribution in [1.29, 1.82) is 0 Å². The van der Waals surface area contributed by atoms with E-state index in [0.717, 1.165) is 54.9 Å². The third-order valence-electron chi connectivity index (χ3n) is 10.3. The lowest BCUT2D eigenvalue weighted by atomic mass is 9.46. The number of aliphatic hydroxyl groups excluding tert-OH is 1. The number of aliphatic hydroxyl groups is 1. The molecule has 214 valence electrons. The molecule has 0 aromatic heterocycles. The molecule has 3 aliphatic carbocycles. The van der Waals surface area contributed by atoms with Crippen LogP contribution in [-0.4, -0.2) is 66.8 Å². The molecule has 5 aliphatic rings. The van der Waals surface area contributed by atoms with Crippen LogP contribution in [0.4, 0.5) is 13.2 Å². The molecule has 9 heteroatoms. The van der Waals surface area contributed by atoms with Gasteiger partial charge in [-0.25, -0.2) is 0 Å². The van der Waals surface area contributed by atoms with Crippen molar-refractivity contribution in [3.8, 4) is 0 Å². The topological polar surface area (TPSA) is 67.8 Å². The number of carbonyl (C=O) groups is 1. The summed E-state index contributed by atoms with van der Waals surface area (Å²) in [4.78, 5) is 13.7. The number of hydrogen-bond acceptors (Lipinski definition) is 4. The molecule has 6 rings (SSSR count). The lowest BCUT2D eigenvalue weighted by Crippen LogP contribution is -2.72. The van der Waals surface area contributed by atoms with Crippen LogP contribution in [0.2, 0.25) is 0 Å². The number of amides is 1. The Morgan fingerprint density at radius 1 is 1.30 bits per heavy atom. The Hall–Kier alpha value is -3.04. The minimum atomic E-state index is -4.90. The Bertz CT molecular complexity index is 1320. The zero-order valence-electron chi connectivity index (χ0n) is 22.8. The van der Waals surface area contributed by atoms with Gasteiger partial charge in [-0.1, -0.05) is 43.3 Å². The van der Waals surface area contributed by atoms with Gasteiger partial charge in [0, 0.05) is 36.2 Å². The summed E-state index contributed by atoms with van der Waals surface area (Å²) in [6.45, 7) is 5.64. The van der Waals surface area contributed by atoms with Gasteiger partial charge in [0.05, 0.1) is 39.4 Å². The van der Waals surface area contributed by atoms with Gasteiger partial charge in [-0.15, -0.1) is 0 Å². The average molecular weight is 558 g/mol. The number of hydrogen-bond donors (Lipinski definition) is 2. The molecule has 1 spiro atoms. The van der Waals surface area contributed by atoms with Crippen molar-refractivity contribution in [1.82, 2.24) is 5.32 Å². The zero-order chi connectivity index (χ0) is 28.5. The zero-order valence-corrected chi connectivity index (χ0v) is 22.8. The number of halogens is 3. The van der Waals surface area contributed by atoms with E-state index in [0.29, 0.717) is 6.42 Å². The van der Waals surface area contributed by atoms with E-state index < -0.39 is 34.7 Å². The molecule has 7 atom stereocenters. The van der Waals surface area contributed by atoms with E-state index in [2.05, 4.69) is 18.9 Å². The summed E-state index contributed by atoms with van der Waals surface area (Å²) in [5.74, 6) is -1.39. The van der Waals surface area contributed by atoms with Gasteiger partial charge in [0.2, 0.25) is 5.72 Å². The van der Waals surface area contributed by atoms with Crippen molar-refractivity contribution in [2.24, 2.45) is 17.3 Å². The molecule has 2 bridgehead atoms. The maximum absolute atomic E-state index is 14.3. The number of quaternary nitrogens is 1. The van der Waals surface area contributed by atoms with Gasteiger partial charge in [0.15, 0.2) is 5.76 Å². The highest BCUT2D eigenvalue weighted by atomic mass is 19.4. The summed E-state index contributed by atoms with van der Waals surface area (Å²) in [6.07, 6.45) is 3.00. The van der Waals surface area contributed by atoms with Gasteiger partial charge in [-0.3, -0.25) is 4.79 Å². The van der Waals surface area contributed by atoms with Crippen molar-refractivity contribution >= 4 is 12.0 Å². The van der Waals surface area contributed by atoms with Gasteiger partial charge < -0.3 is 24.4 Å². The molecule has 0 radical (unpaired) electrons. The van der Waals surface area contributed by atoms with E-state index in [1.807, 2.05) is 6.08 Å². The Morgan fingerprint density at radius 3 is 2.73 bits per heavy atom. The fourth-order valence-electron chi connectivity index (χ4n) is 8.81. The van der Waals surface area contributed by atoms with Crippen LogP contribution in [0.15, 0.2) is 71.7 Å². The fraction of sp³-hybridized carbons (Fsp3) is 0.516. The molecule has 1 amide bonds. The number of likely N-dealkylation sites (N-methyl/N-ethyl adjacent to an activating group) is 1. The first-order valence-electron chi connectivity index (χ1n) is 14.0. The Kier molecular flexibility index (Phi) is 6.27. The number of nitrogens with one attached hydrogen (secondary N) is 1. The second kappa shape index (κ2) is 9.24. The number of nitrogens with zero attached hydrogens (tertiary/aromatic N) is 1. The van der Waals surface area contributed by atoms with E-state index in [1.54, 1.807) is 18.2 Å². The minimum absolute atomic E-state index is 0.0623. The van der Waals surface area contributed by atoms with Crippen LogP contribution in [0.5, 0.6) is 0 Å². The van der Waals surface area contributed by atoms with Gasteiger partial charge >= 0.3 is 6.18 Å². The Balaban J connectivity index is 1.48. The first-order chi connectivity index (χ1) is 19.0. The van der Waals surface area contributed by atoms with Gasteiger partial charge in [-0.2, -0.15) is 13.2 Å². The molecule has 2 heterocycles. The average Bonchev–Trinajstić information content (AvgIpc) is 3.20. The smallest absolute Gasteiger partial charge is 0.421 e. The summed E-state index contributed by atoms with van der Waals surface area (Å²) in [5.41, 5.74) is -2.40. The second-order valence-corrected chi connectivity index (χ2v) is 12.2. The molecular formula is C31H36F3N2O4+. The summed E-state index contributed by atoms with van der Waals surface area (Å²) in [5, 5.41) is 14.0. The number of methoxy groups -OCH3 is 1. The highest BCUT2D eigenvalue weighted by Crippen LogP contribution is 2.71. The Labute approximate surface area is 232 Å². The molecule has 1 aromatic carbocycles. The van der Waals surface area contributed by atoms with E-state index in [1.165, 1.54) is 25.3 Å². The standard InChI is InChI=1S/C31H35F3N2O4/c1-4-14-36(2)15-13-29-21-11-8-12-25(29)40-30(26(39-3)18-24(37)20(27(29)30)17-23(21)36)35-28(38)22(31(32,33)34)16-19-9-6-5-7-10-19/h4-7,9-10,16,18,21,23,25,27H,1,8,11-15,17H2,2-3H3,(H-,35,37,38)/p+1/t21-,23+,25-,27?,29+,30?,36?/m0/s1. The van der Waals surface area contributed by atoms with Gasteiger partial charge in [-0.05, 0) is 36.1 Å². The lowest BCUT2D eigenvalue weighted by Gasteiger charge is -2.63. The fourth-order valence-corrected chi connectivity index (χ4v) is 8.81. The second-order valence-electron chi connectivity index (χ2n) is 12.2. The molecule has 4 fully saturated rings. The number of piperidine rings is 1. The quantitative estimate of drug-likeness (QED) is 0.279. The SMILES string of the molecule is C=CC[N+]1(C)CC[C@]23C4C5=C(O)C=C(OC)C4(NC(=O)C(=Cc4ccccc4)C(F)(F)F)O[C@H]2CCC[C@H]3[C@H]1C5. The number of likely N-dealkylation sites (tertiary alicyclic amines) is 1. The molecule has 2 saturated heterocycles. The number of ether oxygens (including phenoxy) is 2. The van der Waals surface area contributed by atoms with E-state index in [9.17, 15) is 23.1 Å². The minimum Gasteiger partial charge on any atom is -0.508 e. The highest BCUT2D eigenvalue weighted by Gasteiger charge is 2.77. The summed E-state index contributed by atoms with van der Waals surface area (Å²) < 4.78 is 56.3. The summed E-state index contributed by atoms with van der Waals surface area (Å²) in [7, 11) is 3.63. The van der Waals surface area contributed by atoms with E-state index >= 15 is 0 Å². The van der Waals surface area contributed by atoms with Crippen molar-refractivity contribution in [2.45, 2.75) is 56.2 Å². The van der Waals surface area contributed by atoms with E-state index in [4.69, 9.17) is 9.47 Å². The molecule has 1 aromatic rings. The van der Waals surface area contributed by atoms with Crippen molar-refractivity contribution in [2.75, 3.05) is 27.2 Å². The lowest BCUT2D eigenvalue weighted by molar-refractivity contribution is -0.942. The van der Waals surface area contributed by atoms with Crippen LogP contribution in [0.25, 0.3) is 6.08 Å². The largest absolute Gasteiger partial charge is 0.508 e. The predicted molar refractivity (Wildman–Crippen MR) is 143 cm³/mol. The first-order valence-corrected chi connectivity index (χ1v) is 14.0. The Morgan fingerprint density at radius 2 is 2.05 bits per heavy atom. The van der Waals surface area contributed by atoms with Crippen LogP contribution in [-0.2, 0) is 14.3 Å². The molecular weight excluding hydrogens is 521 g/mol. The van der Waals surface area contributed by atoms with Crippen molar-refractivity contribution < 1.29 is 37.0 Å².